The third-order valence-corrected chi connectivity index (χ3v) is 11.5. The summed E-state index contributed by atoms with van der Waals surface area (Å²) >= 11 is 1.13. The van der Waals surface area contributed by atoms with E-state index in [-0.39, 0.29) is 60.9 Å². The van der Waals surface area contributed by atoms with E-state index in [2.05, 4.69) is 0 Å². The monoisotopic (exact) mass is 825 g/mol. The molecular formula is C46H40F5N3O4S. The minimum Gasteiger partial charge on any atom is -0.460 e. The van der Waals surface area contributed by atoms with Gasteiger partial charge in [-0.25, -0.2) is 8.78 Å². The number of nitrogens with zero attached hydrogens (tertiary/aromatic N) is 3. The lowest BCUT2D eigenvalue weighted by Crippen LogP contribution is -2.49. The van der Waals surface area contributed by atoms with Gasteiger partial charge in [0.05, 0.1) is 22.7 Å². The number of hydrogen-bond donors (Lipinski definition) is 0. The predicted molar refractivity (Wildman–Crippen MR) is 217 cm³/mol. The molecule has 0 atom stereocenters. The number of fused-ring (bicyclic) bond motifs is 1. The zero-order valence-corrected chi connectivity index (χ0v) is 32.7. The highest BCUT2D eigenvalue weighted by atomic mass is 32.2. The first kappa shape index (κ1) is 41.4. The Labute approximate surface area is 342 Å². The number of thioether (sulfide) groups is 1. The highest BCUT2D eigenvalue weighted by Gasteiger charge is 2.31. The normalized spacial score (nSPS) is 13.7. The van der Waals surface area contributed by atoms with Gasteiger partial charge in [0, 0.05) is 48.4 Å². The van der Waals surface area contributed by atoms with Crippen molar-refractivity contribution in [2.75, 3.05) is 19.6 Å². The van der Waals surface area contributed by atoms with E-state index in [0.29, 0.717) is 53.0 Å². The van der Waals surface area contributed by atoms with Crippen molar-refractivity contribution in [3.05, 3.63) is 172 Å². The van der Waals surface area contributed by atoms with Gasteiger partial charge >= 0.3 is 12.1 Å². The Hall–Kier alpha value is -5.79. The van der Waals surface area contributed by atoms with E-state index in [4.69, 9.17) is 4.74 Å². The molecule has 59 heavy (non-hydrogen) atoms. The van der Waals surface area contributed by atoms with Crippen LogP contribution >= 0.6 is 11.8 Å². The molecule has 0 radical (unpaired) electrons. The fourth-order valence-corrected chi connectivity index (χ4v) is 8.29. The maximum atomic E-state index is 14.7. The Kier molecular flexibility index (Phi) is 12.9. The Morgan fingerprint density at radius 2 is 1.42 bits per heavy atom. The Bertz CT molecular complexity index is 2470. The van der Waals surface area contributed by atoms with Crippen molar-refractivity contribution in [3.8, 4) is 11.1 Å². The van der Waals surface area contributed by atoms with Gasteiger partial charge in [-0.15, -0.1) is 11.8 Å². The fourth-order valence-electron chi connectivity index (χ4n) is 7.25. The molecule has 1 aromatic heterocycles. The lowest BCUT2D eigenvalue weighted by molar-refractivity contribution is -0.147. The van der Waals surface area contributed by atoms with Gasteiger partial charge in [-0.1, -0.05) is 91.0 Å². The van der Waals surface area contributed by atoms with E-state index >= 15 is 0 Å². The maximum Gasteiger partial charge on any atom is 0.416 e. The number of ether oxygens (including phenoxy) is 1. The van der Waals surface area contributed by atoms with E-state index in [1.807, 2.05) is 47.4 Å². The molecule has 1 aliphatic heterocycles. The minimum atomic E-state index is -4.44. The molecular weight excluding hydrogens is 786 g/mol. The van der Waals surface area contributed by atoms with Crippen molar-refractivity contribution in [1.29, 1.82) is 0 Å². The van der Waals surface area contributed by atoms with Gasteiger partial charge in [0.25, 0.3) is 0 Å². The van der Waals surface area contributed by atoms with Crippen molar-refractivity contribution in [3.63, 3.8) is 0 Å². The summed E-state index contributed by atoms with van der Waals surface area (Å²) in [6.07, 6.45) is -3.32. The van der Waals surface area contributed by atoms with Crippen molar-refractivity contribution < 1.29 is 36.3 Å². The molecule has 7 nitrogen and oxygen atoms in total. The van der Waals surface area contributed by atoms with Crippen LogP contribution < -0.4 is 5.43 Å². The number of hydrogen-bond acceptors (Lipinski definition) is 6. The molecule has 2 heterocycles. The molecule has 5 aromatic carbocycles. The second-order valence-corrected chi connectivity index (χ2v) is 15.4. The molecule has 0 unspecified atom stereocenters. The van der Waals surface area contributed by atoms with E-state index in [9.17, 15) is 36.3 Å². The van der Waals surface area contributed by atoms with Gasteiger partial charge in [-0.2, -0.15) is 13.2 Å². The molecule has 0 aliphatic carbocycles. The Morgan fingerprint density at radius 1 is 0.763 bits per heavy atom. The van der Waals surface area contributed by atoms with E-state index in [1.165, 1.54) is 30.3 Å². The smallest absolute Gasteiger partial charge is 0.416 e. The van der Waals surface area contributed by atoms with Gasteiger partial charge in [0.2, 0.25) is 5.91 Å². The van der Waals surface area contributed by atoms with Crippen LogP contribution in [0.1, 0.15) is 35.1 Å². The molecule has 1 amide bonds. The van der Waals surface area contributed by atoms with Crippen molar-refractivity contribution >= 4 is 34.5 Å². The minimum absolute atomic E-state index is 0.0107. The van der Waals surface area contributed by atoms with E-state index in [1.54, 1.807) is 45.9 Å². The summed E-state index contributed by atoms with van der Waals surface area (Å²) in [5, 5.41) is 0.815. The number of likely N-dealkylation sites (tertiary alicyclic amines) is 1. The number of alkyl halides is 3. The van der Waals surface area contributed by atoms with Gasteiger partial charge in [0.1, 0.15) is 13.2 Å². The Morgan fingerprint density at radius 3 is 2.12 bits per heavy atom. The zero-order valence-electron chi connectivity index (χ0n) is 31.8. The van der Waals surface area contributed by atoms with Crippen LogP contribution in [0.4, 0.5) is 22.0 Å². The first-order chi connectivity index (χ1) is 28.4. The van der Waals surface area contributed by atoms with E-state index in [0.717, 1.165) is 41.1 Å². The Balaban J connectivity index is 1.12. The number of para-hydroxylation sites is 1. The standard InChI is InChI=1S/C46H40F5N3O4S/c47-39-11-6-9-35(45(39)48)30-59-43-25-41(55)38-10-4-5-12-40(38)54(43)27-42(56)53(26-31-13-15-33(16-14-31)34-17-19-36(20-18-34)46(49,50)51)37-21-23-52(24-22-37)28-44(57)58-29-32-7-2-1-3-8-32/h1-20,25,37H,21-24,26-30H2. The van der Waals surface area contributed by atoms with Crippen LogP contribution in [0.5, 0.6) is 0 Å². The molecule has 1 saturated heterocycles. The second kappa shape index (κ2) is 18.4. The van der Waals surface area contributed by atoms with Gasteiger partial charge in [-0.05, 0) is 65.4 Å². The maximum absolute atomic E-state index is 14.7. The van der Waals surface area contributed by atoms with Crippen molar-refractivity contribution in [1.82, 2.24) is 14.4 Å². The summed E-state index contributed by atoms with van der Waals surface area (Å²) in [4.78, 5) is 44.5. The summed E-state index contributed by atoms with van der Waals surface area (Å²) in [6.45, 7) is 1.39. The lowest BCUT2D eigenvalue weighted by atomic mass is 10.00. The summed E-state index contributed by atoms with van der Waals surface area (Å²) in [7, 11) is 0. The zero-order chi connectivity index (χ0) is 41.5. The average molecular weight is 826 g/mol. The molecule has 1 aliphatic rings. The van der Waals surface area contributed by atoms with E-state index < -0.39 is 23.4 Å². The third-order valence-electron chi connectivity index (χ3n) is 10.4. The molecule has 1 fully saturated rings. The first-order valence-electron chi connectivity index (χ1n) is 19.1. The number of rotatable bonds is 13. The number of aromatic nitrogens is 1. The topological polar surface area (TPSA) is 71.9 Å². The SMILES string of the molecule is O=C(CN1CCC(N(Cc2ccc(-c3ccc(C(F)(F)F)cc3)cc2)C(=O)Cn2c(SCc3cccc(F)c3F)cc(=O)c3ccccc32)CC1)OCc1ccccc1. The molecule has 0 spiro atoms. The third kappa shape index (κ3) is 10.3. The van der Waals surface area contributed by atoms with Crippen molar-refractivity contribution in [2.24, 2.45) is 0 Å². The van der Waals surface area contributed by atoms with Crippen molar-refractivity contribution in [2.45, 2.75) is 55.5 Å². The number of halogens is 5. The summed E-state index contributed by atoms with van der Waals surface area (Å²) in [5.74, 6) is -2.53. The highest BCUT2D eigenvalue weighted by Crippen LogP contribution is 2.32. The number of carbonyl (C=O) groups excluding carboxylic acids is 2. The first-order valence-corrected chi connectivity index (χ1v) is 20.1. The van der Waals surface area contributed by atoms with Gasteiger partial charge in [0.15, 0.2) is 17.1 Å². The largest absolute Gasteiger partial charge is 0.460 e. The van der Waals surface area contributed by atoms with Crippen LogP contribution in [0.2, 0.25) is 0 Å². The van der Waals surface area contributed by atoms with Crippen LogP contribution in [0.3, 0.4) is 0 Å². The summed E-state index contributed by atoms with van der Waals surface area (Å²) in [6, 6.07) is 33.7. The second-order valence-electron chi connectivity index (χ2n) is 14.4. The molecule has 304 valence electrons. The highest BCUT2D eigenvalue weighted by molar-refractivity contribution is 7.98. The molecule has 0 saturated carbocycles. The summed E-state index contributed by atoms with van der Waals surface area (Å²) in [5.41, 5.74) is 2.63. The number of carbonyl (C=O) groups is 2. The number of esters is 1. The van der Waals surface area contributed by atoms with Gasteiger partial charge < -0.3 is 14.2 Å². The van der Waals surface area contributed by atoms with Crippen LogP contribution in [0.25, 0.3) is 22.0 Å². The number of pyridine rings is 1. The van der Waals surface area contributed by atoms with Gasteiger partial charge in [-0.3, -0.25) is 19.3 Å². The average Bonchev–Trinajstić information content (AvgIpc) is 3.24. The fraction of sp³-hybridized carbons (Fsp3) is 0.239. The number of piperidine rings is 1. The molecule has 6 aromatic rings. The molecule has 7 rings (SSSR count). The number of benzene rings is 5. The van der Waals surface area contributed by atoms with Crippen LogP contribution in [-0.4, -0.2) is 51.9 Å². The van der Waals surface area contributed by atoms with Crippen LogP contribution in [0, 0.1) is 11.6 Å². The van der Waals surface area contributed by atoms with Crippen LogP contribution in [-0.2, 0) is 46.0 Å². The summed E-state index contributed by atoms with van der Waals surface area (Å²) < 4.78 is 75.5. The molecule has 13 heteroatoms. The molecule has 0 bridgehead atoms. The number of amides is 1. The lowest BCUT2D eigenvalue weighted by Gasteiger charge is -2.38. The molecule has 0 N–H and O–H groups in total. The quantitative estimate of drug-likeness (QED) is 0.0657. The van der Waals surface area contributed by atoms with Crippen LogP contribution in [0.15, 0.2) is 137 Å². The predicted octanol–water partition coefficient (Wildman–Crippen LogP) is 9.49.